The van der Waals surface area contributed by atoms with E-state index in [1.54, 1.807) is 6.07 Å². The second-order valence-corrected chi connectivity index (χ2v) is 3.03. The van der Waals surface area contributed by atoms with Crippen LogP contribution in [0.4, 0.5) is 4.39 Å². The number of aliphatic hydroxyl groups is 1. The minimum Gasteiger partial charge on any atom is -0.493 e. The number of rotatable bonds is 4. The van der Waals surface area contributed by atoms with Crippen LogP contribution in [0.25, 0.3) is 0 Å². The largest absolute Gasteiger partial charge is 0.493 e. The van der Waals surface area contributed by atoms with Gasteiger partial charge in [0.2, 0.25) is 0 Å². The highest BCUT2D eigenvalue weighted by Crippen LogP contribution is 2.32. The van der Waals surface area contributed by atoms with Crippen molar-refractivity contribution in [1.82, 2.24) is 0 Å². The van der Waals surface area contributed by atoms with Crippen molar-refractivity contribution in [1.29, 1.82) is 0 Å². The van der Waals surface area contributed by atoms with E-state index >= 15 is 0 Å². The van der Waals surface area contributed by atoms with Crippen LogP contribution >= 0.6 is 0 Å². The smallest absolute Gasteiger partial charge is 0.196 e. The molecule has 0 fully saturated rings. The number of benzene rings is 1. The van der Waals surface area contributed by atoms with Crippen LogP contribution < -0.4 is 15.2 Å². The van der Waals surface area contributed by atoms with Gasteiger partial charge in [-0.2, -0.15) is 0 Å². The van der Waals surface area contributed by atoms with E-state index in [1.165, 1.54) is 20.3 Å². The maximum absolute atomic E-state index is 13.5. The first-order chi connectivity index (χ1) is 7.13. The van der Waals surface area contributed by atoms with Crippen molar-refractivity contribution in [2.24, 2.45) is 5.73 Å². The van der Waals surface area contributed by atoms with Crippen molar-refractivity contribution in [3.63, 3.8) is 0 Å². The Bertz CT molecular complexity index is 344. The minimum atomic E-state index is -0.626. The number of ether oxygens (including phenoxy) is 2. The van der Waals surface area contributed by atoms with Crippen LogP contribution in [0.1, 0.15) is 11.6 Å². The zero-order valence-corrected chi connectivity index (χ0v) is 8.66. The summed E-state index contributed by atoms with van der Waals surface area (Å²) in [5, 5.41) is 8.85. The summed E-state index contributed by atoms with van der Waals surface area (Å²) >= 11 is 0. The molecule has 1 unspecified atom stereocenters. The topological polar surface area (TPSA) is 64.7 Å². The molecule has 0 bridgehead atoms. The highest BCUT2D eigenvalue weighted by Gasteiger charge is 2.15. The van der Waals surface area contributed by atoms with Crippen LogP contribution in [0.5, 0.6) is 11.5 Å². The predicted molar refractivity (Wildman–Crippen MR) is 53.5 cm³/mol. The Balaban J connectivity index is 3.19. The molecule has 5 heteroatoms. The molecule has 1 aromatic carbocycles. The number of methoxy groups -OCH3 is 2. The second kappa shape index (κ2) is 4.95. The van der Waals surface area contributed by atoms with Gasteiger partial charge in [-0.3, -0.25) is 0 Å². The highest BCUT2D eigenvalue weighted by atomic mass is 19.1. The van der Waals surface area contributed by atoms with E-state index in [0.717, 1.165) is 0 Å². The first kappa shape index (κ1) is 11.7. The van der Waals surface area contributed by atoms with E-state index in [9.17, 15) is 4.39 Å². The summed E-state index contributed by atoms with van der Waals surface area (Å²) in [6, 6.07) is 2.14. The number of nitrogens with two attached hydrogens (primary N) is 1. The molecule has 0 spiro atoms. The molecule has 15 heavy (non-hydrogen) atoms. The van der Waals surface area contributed by atoms with Crippen LogP contribution in [0.3, 0.4) is 0 Å². The fraction of sp³-hybridized carbons (Fsp3) is 0.400. The maximum atomic E-state index is 13.5. The number of halogens is 1. The molecule has 1 aromatic rings. The molecule has 0 aromatic heterocycles. The fourth-order valence-corrected chi connectivity index (χ4v) is 1.26. The molecular weight excluding hydrogens is 201 g/mol. The molecule has 0 radical (unpaired) electrons. The molecule has 84 valence electrons. The van der Waals surface area contributed by atoms with Gasteiger partial charge in [-0.1, -0.05) is 0 Å². The van der Waals surface area contributed by atoms with Gasteiger partial charge < -0.3 is 20.3 Å². The van der Waals surface area contributed by atoms with Gasteiger partial charge >= 0.3 is 0 Å². The molecule has 1 atom stereocenters. The van der Waals surface area contributed by atoms with E-state index < -0.39 is 11.9 Å². The third-order valence-electron chi connectivity index (χ3n) is 2.08. The Morgan fingerprint density at radius 2 is 2.07 bits per heavy atom. The second-order valence-electron chi connectivity index (χ2n) is 3.03. The monoisotopic (exact) mass is 215 g/mol. The molecule has 3 N–H and O–H groups in total. The van der Waals surface area contributed by atoms with E-state index in [1.807, 2.05) is 0 Å². The lowest BCUT2D eigenvalue weighted by molar-refractivity contribution is 0.267. The summed E-state index contributed by atoms with van der Waals surface area (Å²) in [6.45, 7) is -0.255. The molecule has 0 aliphatic heterocycles. The standard InChI is InChI=1S/C10H14FNO3/c1-14-9-4-6(8(12)5-13)3-7(11)10(9)15-2/h3-4,8,13H,5,12H2,1-2H3. The minimum absolute atomic E-state index is 0.0337. The maximum Gasteiger partial charge on any atom is 0.196 e. The Morgan fingerprint density at radius 3 is 2.53 bits per heavy atom. The van der Waals surface area contributed by atoms with Crippen LogP contribution in [0.15, 0.2) is 12.1 Å². The lowest BCUT2D eigenvalue weighted by Gasteiger charge is -2.13. The van der Waals surface area contributed by atoms with E-state index in [2.05, 4.69) is 0 Å². The van der Waals surface area contributed by atoms with Crippen molar-refractivity contribution in [2.45, 2.75) is 6.04 Å². The van der Waals surface area contributed by atoms with E-state index in [-0.39, 0.29) is 18.1 Å². The molecule has 4 nitrogen and oxygen atoms in total. The predicted octanol–water partition coefficient (Wildman–Crippen LogP) is 0.835. The molecule has 0 saturated carbocycles. The van der Waals surface area contributed by atoms with Crippen LogP contribution in [-0.2, 0) is 0 Å². The molecule has 0 amide bonds. The van der Waals surface area contributed by atoms with Crippen LogP contribution in [0.2, 0.25) is 0 Å². The van der Waals surface area contributed by atoms with Crippen molar-refractivity contribution in [3.05, 3.63) is 23.5 Å². The van der Waals surface area contributed by atoms with Gasteiger partial charge in [0, 0.05) is 0 Å². The molecular formula is C10H14FNO3. The zero-order chi connectivity index (χ0) is 11.4. The normalized spacial score (nSPS) is 12.3. The third-order valence-corrected chi connectivity index (χ3v) is 2.08. The quantitative estimate of drug-likeness (QED) is 0.781. The molecule has 0 aliphatic carbocycles. The number of aliphatic hydroxyl groups excluding tert-OH is 1. The number of hydrogen-bond donors (Lipinski definition) is 2. The Morgan fingerprint density at radius 1 is 1.40 bits per heavy atom. The summed E-state index contributed by atoms with van der Waals surface area (Å²) < 4.78 is 23.2. The molecule has 0 heterocycles. The summed E-state index contributed by atoms with van der Waals surface area (Å²) in [7, 11) is 2.76. The summed E-state index contributed by atoms with van der Waals surface area (Å²) in [5.41, 5.74) is 6.03. The first-order valence-corrected chi connectivity index (χ1v) is 4.41. The summed E-state index contributed by atoms with van der Waals surface area (Å²) in [4.78, 5) is 0. The van der Waals surface area contributed by atoms with E-state index in [4.69, 9.17) is 20.3 Å². The van der Waals surface area contributed by atoms with Gasteiger partial charge in [-0.05, 0) is 17.7 Å². The van der Waals surface area contributed by atoms with Crippen molar-refractivity contribution in [3.8, 4) is 11.5 Å². The fourth-order valence-electron chi connectivity index (χ4n) is 1.26. The van der Waals surface area contributed by atoms with Crippen LogP contribution in [0, 0.1) is 5.82 Å². The van der Waals surface area contributed by atoms with Crippen molar-refractivity contribution >= 4 is 0 Å². The lowest BCUT2D eigenvalue weighted by Crippen LogP contribution is -2.15. The lowest BCUT2D eigenvalue weighted by atomic mass is 10.1. The Kier molecular flexibility index (Phi) is 3.88. The zero-order valence-electron chi connectivity index (χ0n) is 8.66. The third kappa shape index (κ3) is 2.37. The van der Waals surface area contributed by atoms with Crippen molar-refractivity contribution < 1.29 is 19.0 Å². The SMILES string of the molecule is COc1cc(C(N)CO)cc(F)c1OC. The Hall–Kier alpha value is -1.33. The average Bonchev–Trinajstić information content (AvgIpc) is 2.26. The van der Waals surface area contributed by atoms with Crippen molar-refractivity contribution in [2.75, 3.05) is 20.8 Å². The number of hydrogen-bond acceptors (Lipinski definition) is 4. The van der Waals surface area contributed by atoms with Gasteiger partial charge in [0.25, 0.3) is 0 Å². The van der Waals surface area contributed by atoms with Gasteiger partial charge in [-0.15, -0.1) is 0 Å². The van der Waals surface area contributed by atoms with Gasteiger partial charge in [0.05, 0.1) is 26.9 Å². The molecule has 0 aliphatic rings. The summed E-state index contributed by atoms with van der Waals surface area (Å²) in [5.74, 6) is -0.265. The van der Waals surface area contributed by atoms with Crippen LogP contribution in [-0.4, -0.2) is 25.9 Å². The first-order valence-electron chi connectivity index (χ1n) is 4.41. The van der Waals surface area contributed by atoms with Gasteiger partial charge in [0.1, 0.15) is 0 Å². The molecule has 1 rings (SSSR count). The van der Waals surface area contributed by atoms with Gasteiger partial charge in [0.15, 0.2) is 17.3 Å². The van der Waals surface area contributed by atoms with Gasteiger partial charge in [-0.25, -0.2) is 4.39 Å². The van der Waals surface area contributed by atoms with E-state index in [0.29, 0.717) is 5.56 Å². The molecule has 0 saturated heterocycles. The highest BCUT2D eigenvalue weighted by molar-refractivity contribution is 5.45. The Labute approximate surface area is 87.4 Å². The average molecular weight is 215 g/mol. The summed E-state index contributed by atoms with van der Waals surface area (Å²) in [6.07, 6.45) is 0.